The molecule has 0 saturated carbocycles. The molecule has 26 heavy (non-hydrogen) atoms. The van der Waals surface area contributed by atoms with Crippen LogP contribution in [0.4, 0.5) is 5.69 Å². The van der Waals surface area contributed by atoms with Gasteiger partial charge in [0.05, 0.1) is 27.6 Å². The van der Waals surface area contributed by atoms with E-state index in [1.165, 1.54) is 22.7 Å². The summed E-state index contributed by atoms with van der Waals surface area (Å²) in [4.78, 5) is 20.1. The number of hydrogen-bond acceptors (Lipinski definition) is 6. The van der Waals surface area contributed by atoms with Crippen LogP contribution in [0.3, 0.4) is 0 Å². The van der Waals surface area contributed by atoms with Gasteiger partial charge in [-0.05, 0) is 25.2 Å². The highest BCUT2D eigenvalue weighted by molar-refractivity contribution is 7.23. The summed E-state index contributed by atoms with van der Waals surface area (Å²) in [7, 11) is 0. The Kier molecular flexibility index (Phi) is 6.42. The molecule has 3 rings (SSSR count). The summed E-state index contributed by atoms with van der Waals surface area (Å²) < 4.78 is 2.55. The van der Waals surface area contributed by atoms with Crippen LogP contribution in [0, 0.1) is 0 Å². The molecule has 3 aromatic heterocycles. The van der Waals surface area contributed by atoms with Gasteiger partial charge in [-0.15, -0.1) is 22.7 Å². The minimum atomic E-state index is -0.238. The van der Waals surface area contributed by atoms with Crippen LogP contribution in [0.25, 0.3) is 9.88 Å². The van der Waals surface area contributed by atoms with E-state index in [1.807, 2.05) is 23.0 Å². The third-order valence-electron chi connectivity index (χ3n) is 3.95. The van der Waals surface area contributed by atoms with Gasteiger partial charge in [0.15, 0.2) is 0 Å². The monoisotopic (exact) mass is 409 g/mol. The van der Waals surface area contributed by atoms with Gasteiger partial charge in [0.1, 0.15) is 10.7 Å². The van der Waals surface area contributed by atoms with Crippen LogP contribution in [0.15, 0.2) is 29.9 Å². The van der Waals surface area contributed by atoms with E-state index in [0.717, 1.165) is 36.1 Å². The van der Waals surface area contributed by atoms with Crippen molar-refractivity contribution in [3.05, 3.63) is 39.9 Å². The van der Waals surface area contributed by atoms with Gasteiger partial charge in [-0.25, -0.2) is 4.98 Å². The Labute approximate surface area is 165 Å². The summed E-state index contributed by atoms with van der Waals surface area (Å²) in [5, 5.41) is 9.70. The first-order valence-corrected chi connectivity index (χ1v) is 10.4. The summed E-state index contributed by atoms with van der Waals surface area (Å²) in [5.74, 6) is -0.238. The molecule has 0 bridgehead atoms. The Hall–Kier alpha value is -1.74. The molecule has 0 atom stereocenters. The molecular weight excluding hydrogens is 390 g/mol. The van der Waals surface area contributed by atoms with Crippen molar-refractivity contribution < 1.29 is 4.79 Å². The second-order valence-electron chi connectivity index (χ2n) is 5.61. The van der Waals surface area contributed by atoms with E-state index >= 15 is 0 Å². The average molecular weight is 410 g/mol. The standard InChI is InChI=1S/C17H20ClN5OS2/c1-3-22(4-2)7-8-23-10-12(9-19-23)20-16(24)13-11-25-17(21-13)14-5-6-15(18)26-14/h5-6,9-11H,3-4,7-8H2,1-2H3,(H,20,24). The lowest BCUT2D eigenvalue weighted by Crippen LogP contribution is -2.27. The van der Waals surface area contributed by atoms with Crippen molar-refractivity contribution in [1.82, 2.24) is 19.7 Å². The molecule has 6 nitrogen and oxygen atoms in total. The van der Waals surface area contributed by atoms with E-state index in [0.29, 0.717) is 15.7 Å². The molecule has 1 N–H and O–H groups in total. The van der Waals surface area contributed by atoms with E-state index in [2.05, 4.69) is 34.1 Å². The number of thiazole rings is 1. The Balaban J connectivity index is 1.59. The lowest BCUT2D eigenvalue weighted by atomic mass is 10.4. The zero-order valence-corrected chi connectivity index (χ0v) is 17.0. The molecule has 0 aliphatic rings. The molecule has 0 aliphatic carbocycles. The fourth-order valence-corrected chi connectivity index (χ4v) is 4.36. The number of hydrogen-bond donors (Lipinski definition) is 1. The minimum absolute atomic E-state index is 0.238. The number of carbonyl (C=O) groups excluding carboxylic acids is 1. The summed E-state index contributed by atoms with van der Waals surface area (Å²) in [6.07, 6.45) is 3.50. The Bertz CT molecular complexity index is 868. The summed E-state index contributed by atoms with van der Waals surface area (Å²) in [5.41, 5.74) is 1.06. The predicted octanol–water partition coefficient (Wildman–Crippen LogP) is 4.32. The topological polar surface area (TPSA) is 63.0 Å². The number of carbonyl (C=O) groups is 1. The van der Waals surface area contributed by atoms with Gasteiger partial charge in [0.2, 0.25) is 0 Å². The molecule has 138 valence electrons. The molecule has 0 saturated heterocycles. The Morgan fingerprint density at radius 1 is 1.35 bits per heavy atom. The SMILES string of the molecule is CCN(CC)CCn1cc(NC(=O)c2csc(-c3ccc(Cl)s3)n2)cn1. The summed E-state index contributed by atoms with van der Waals surface area (Å²) in [6, 6.07) is 3.74. The van der Waals surface area contributed by atoms with Crippen molar-refractivity contribution >= 4 is 45.9 Å². The van der Waals surface area contributed by atoms with Crippen LogP contribution in [0.5, 0.6) is 0 Å². The Morgan fingerprint density at radius 2 is 2.15 bits per heavy atom. The first-order chi connectivity index (χ1) is 12.6. The maximum absolute atomic E-state index is 12.4. The third kappa shape index (κ3) is 4.70. The van der Waals surface area contributed by atoms with Crippen LogP contribution < -0.4 is 5.32 Å². The lowest BCUT2D eigenvalue weighted by Gasteiger charge is -2.17. The zero-order chi connectivity index (χ0) is 18.5. The zero-order valence-electron chi connectivity index (χ0n) is 14.6. The van der Waals surface area contributed by atoms with Crippen molar-refractivity contribution in [2.24, 2.45) is 0 Å². The van der Waals surface area contributed by atoms with E-state index in [1.54, 1.807) is 11.6 Å². The highest BCUT2D eigenvalue weighted by atomic mass is 35.5. The smallest absolute Gasteiger partial charge is 0.275 e. The van der Waals surface area contributed by atoms with E-state index < -0.39 is 0 Å². The van der Waals surface area contributed by atoms with Gasteiger partial charge >= 0.3 is 0 Å². The Morgan fingerprint density at radius 3 is 2.85 bits per heavy atom. The minimum Gasteiger partial charge on any atom is -0.318 e. The molecule has 0 unspecified atom stereocenters. The highest BCUT2D eigenvalue weighted by Crippen LogP contribution is 2.33. The quantitative estimate of drug-likeness (QED) is 0.601. The van der Waals surface area contributed by atoms with E-state index in [9.17, 15) is 4.79 Å². The number of rotatable bonds is 8. The number of nitrogens with zero attached hydrogens (tertiary/aromatic N) is 4. The maximum Gasteiger partial charge on any atom is 0.275 e. The largest absolute Gasteiger partial charge is 0.318 e. The molecule has 0 aliphatic heterocycles. The number of aromatic nitrogens is 3. The normalized spacial score (nSPS) is 11.2. The van der Waals surface area contributed by atoms with Crippen molar-refractivity contribution in [3.8, 4) is 9.88 Å². The van der Waals surface area contributed by atoms with Crippen molar-refractivity contribution in [2.75, 3.05) is 25.0 Å². The highest BCUT2D eigenvalue weighted by Gasteiger charge is 2.14. The number of halogens is 1. The van der Waals surface area contributed by atoms with Crippen LogP contribution in [0.1, 0.15) is 24.3 Å². The third-order valence-corrected chi connectivity index (χ3v) is 6.19. The number of likely N-dealkylation sites (N-methyl/N-ethyl adjacent to an activating group) is 1. The van der Waals surface area contributed by atoms with Gasteiger partial charge in [-0.1, -0.05) is 25.4 Å². The van der Waals surface area contributed by atoms with Crippen LogP contribution in [-0.2, 0) is 6.54 Å². The van der Waals surface area contributed by atoms with Crippen molar-refractivity contribution in [1.29, 1.82) is 0 Å². The molecular formula is C17H20ClN5OS2. The maximum atomic E-state index is 12.4. The summed E-state index contributed by atoms with van der Waals surface area (Å²) in [6.45, 7) is 8.04. The molecule has 3 heterocycles. The van der Waals surface area contributed by atoms with Gasteiger partial charge in [-0.3, -0.25) is 9.48 Å². The van der Waals surface area contributed by atoms with E-state index in [-0.39, 0.29) is 5.91 Å². The number of anilines is 1. The number of thiophene rings is 1. The first-order valence-electron chi connectivity index (χ1n) is 8.36. The number of nitrogens with one attached hydrogen (secondary N) is 1. The van der Waals surface area contributed by atoms with Gasteiger partial charge in [0, 0.05) is 18.1 Å². The lowest BCUT2D eigenvalue weighted by molar-refractivity contribution is 0.102. The number of amides is 1. The molecule has 0 spiro atoms. The van der Waals surface area contributed by atoms with Crippen molar-refractivity contribution in [3.63, 3.8) is 0 Å². The fraction of sp³-hybridized carbons (Fsp3) is 0.353. The van der Waals surface area contributed by atoms with Crippen LogP contribution in [0.2, 0.25) is 4.34 Å². The molecule has 1 amide bonds. The first kappa shape index (κ1) is 19.0. The molecule has 3 aromatic rings. The summed E-state index contributed by atoms with van der Waals surface area (Å²) >= 11 is 8.84. The average Bonchev–Trinajstić information content (AvgIpc) is 3.36. The second kappa shape index (κ2) is 8.77. The molecule has 0 fully saturated rings. The van der Waals surface area contributed by atoms with Crippen LogP contribution in [-0.4, -0.2) is 45.2 Å². The molecule has 0 aromatic carbocycles. The second-order valence-corrected chi connectivity index (χ2v) is 8.19. The van der Waals surface area contributed by atoms with Gasteiger partial charge < -0.3 is 10.2 Å². The molecule has 9 heteroatoms. The van der Waals surface area contributed by atoms with E-state index in [4.69, 9.17) is 11.6 Å². The fourth-order valence-electron chi connectivity index (χ4n) is 2.45. The van der Waals surface area contributed by atoms with Gasteiger partial charge in [-0.2, -0.15) is 5.10 Å². The van der Waals surface area contributed by atoms with Gasteiger partial charge in [0.25, 0.3) is 5.91 Å². The predicted molar refractivity (Wildman–Crippen MR) is 108 cm³/mol. The van der Waals surface area contributed by atoms with Crippen molar-refractivity contribution in [2.45, 2.75) is 20.4 Å². The molecule has 0 radical (unpaired) electrons. The van der Waals surface area contributed by atoms with Crippen LogP contribution >= 0.6 is 34.3 Å².